The average Bonchev–Trinajstić information content (AvgIpc) is 2.55. The van der Waals surface area contributed by atoms with Crippen molar-refractivity contribution in [3.63, 3.8) is 0 Å². The number of hydrogen-bond donors (Lipinski definition) is 2. The first-order chi connectivity index (χ1) is 11.8. The Bertz CT molecular complexity index is 719. The van der Waals surface area contributed by atoms with Crippen LogP contribution in [0.2, 0.25) is 0 Å². The first kappa shape index (κ1) is 23.2. The van der Waals surface area contributed by atoms with Gasteiger partial charge in [0.1, 0.15) is 0 Å². The number of aryl methyl sites for hydroxylation is 1. The lowest BCUT2D eigenvalue weighted by Gasteiger charge is -2.29. The maximum atomic E-state index is 11.7. The maximum absolute atomic E-state index is 11.7. The molecule has 1 aliphatic carbocycles. The van der Waals surface area contributed by atoms with Crippen LogP contribution in [0.1, 0.15) is 43.7 Å². The molecule has 0 bridgehead atoms. The number of sulfone groups is 1. The van der Waals surface area contributed by atoms with Crippen LogP contribution in [0.3, 0.4) is 0 Å². The number of guanidine groups is 1. The molecular weight excluding hydrogens is 461 g/mol. The van der Waals surface area contributed by atoms with Gasteiger partial charge in [0, 0.05) is 26.4 Å². The minimum absolute atomic E-state index is 0. The van der Waals surface area contributed by atoms with E-state index in [1.807, 2.05) is 19.1 Å². The third-order valence-electron chi connectivity index (χ3n) is 5.14. The van der Waals surface area contributed by atoms with Crippen LogP contribution in [0.4, 0.5) is 0 Å². The number of hydrogen-bond acceptors (Lipinski definition) is 3. The highest BCUT2D eigenvalue weighted by Crippen LogP contribution is 2.28. The third-order valence-corrected chi connectivity index (χ3v) is 6.40. The summed E-state index contributed by atoms with van der Waals surface area (Å²) in [5.74, 6) is 2.27. The molecule has 0 aromatic heterocycles. The molecule has 2 rings (SSSR count). The minimum atomic E-state index is -3.17. The fourth-order valence-electron chi connectivity index (χ4n) is 3.57. The molecule has 0 saturated heterocycles. The Morgan fingerprint density at radius 2 is 1.92 bits per heavy atom. The van der Waals surface area contributed by atoms with Crippen LogP contribution in [0.5, 0.6) is 0 Å². The summed E-state index contributed by atoms with van der Waals surface area (Å²) in [7, 11) is -1.39. The average molecular weight is 493 g/mol. The van der Waals surface area contributed by atoms with Gasteiger partial charge < -0.3 is 10.6 Å². The summed E-state index contributed by atoms with van der Waals surface area (Å²) in [6.07, 6.45) is 6.54. The van der Waals surface area contributed by atoms with Crippen molar-refractivity contribution in [1.29, 1.82) is 0 Å². The topological polar surface area (TPSA) is 70.6 Å². The zero-order chi connectivity index (χ0) is 18.4. The molecule has 0 radical (unpaired) electrons. The smallest absolute Gasteiger partial charge is 0.191 e. The molecule has 7 heteroatoms. The largest absolute Gasteiger partial charge is 0.356 e. The molecule has 0 amide bonds. The lowest BCUT2D eigenvalue weighted by atomic mass is 9.80. The van der Waals surface area contributed by atoms with E-state index < -0.39 is 9.84 Å². The van der Waals surface area contributed by atoms with Crippen molar-refractivity contribution < 1.29 is 8.42 Å². The maximum Gasteiger partial charge on any atom is 0.191 e. The Morgan fingerprint density at radius 1 is 1.23 bits per heavy atom. The highest BCUT2D eigenvalue weighted by atomic mass is 127. The summed E-state index contributed by atoms with van der Waals surface area (Å²) >= 11 is 0. The summed E-state index contributed by atoms with van der Waals surface area (Å²) in [5, 5.41) is 6.75. The fraction of sp³-hybridized carbons (Fsp3) is 0.632. The van der Waals surface area contributed by atoms with Crippen molar-refractivity contribution >= 4 is 39.8 Å². The molecule has 1 aromatic carbocycles. The Kier molecular flexibility index (Phi) is 9.36. The molecule has 1 fully saturated rings. The van der Waals surface area contributed by atoms with Gasteiger partial charge in [0.05, 0.1) is 4.90 Å². The third kappa shape index (κ3) is 6.72. The number of halogens is 1. The van der Waals surface area contributed by atoms with Crippen LogP contribution >= 0.6 is 24.0 Å². The van der Waals surface area contributed by atoms with Crippen molar-refractivity contribution in [2.45, 2.75) is 51.0 Å². The first-order valence-corrected chi connectivity index (χ1v) is 10.9. The monoisotopic (exact) mass is 493 g/mol. The van der Waals surface area contributed by atoms with Crippen molar-refractivity contribution in [3.05, 3.63) is 29.3 Å². The summed E-state index contributed by atoms with van der Waals surface area (Å²) in [4.78, 5) is 4.68. The van der Waals surface area contributed by atoms with Crippen molar-refractivity contribution in [2.75, 3.05) is 19.8 Å². The fourth-order valence-corrected chi connectivity index (χ4v) is 4.53. The number of rotatable bonds is 5. The van der Waals surface area contributed by atoms with Crippen molar-refractivity contribution in [1.82, 2.24) is 10.6 Å². The molecule has 2 atom stereocenters. The summed E-state index contributed by atoms with van der Waals surface area (Å²) in [6.45, 7) is 5.74. The number of benzene rings is 1. The molecule has 0 heterocycles. The summed E-state index contributed by atoms with van der Waals surface area (Å²) in [5.41, 5.74) is 1.82. The van der Waals surface area contributed by atoms with Crippen LogP contribution in [0, 0.1) is 18.8 Å². The molecule has 1 saturated carbocycles. The van der Waals surface area contributed by atoms with Gasteiger partial charge in [-0.3, -0.25) is 4.99 Å². The van der Waals surface area contributed by atoms with Crippen LogP contribution in [0.15, 0.2) is 28.1 Å². The SMILES string of the molecule is CN=C(NCc1ccc(S(C)(=O)=O)c(C)c1)NCC1CCCCC1C.I. The van der Waals surface area contributed by atoms with E-state index >= 15 is 0 Å². The zero-order valence-corrected chi connectivity index (χ0v) is 19.4. The number of aliphatic imine (C=N–C) groups is 1. The second-order valence-corrected chi connectivity index (χ2v) is 9.18. The Balaban J connectivity index is 0.00000338. The zero-order valence-electron chi connectivity index (χ0n) is 16.2. The second-order valence-electron chi connectivity index (χ2n) is 7.20. The minimum Gasteiger partial charge on any atom is -0.356 e. The molecule has 5 nitrogen and oxygen atoms in total. The van der Waals surface area contributed by atoms with Crippen molar-refractivity contribution in [3.8, 4) is 0 Å². The normalized spacial score (nSPS) is 21.0. The van der Waals surface area contributed by atoms with E-state index in [4.69, 9.17) is 0 Å². The van der Waals surface area contributed by atoms with Gasteiger partial charge in [0.15, 0.2) is 15.8 Å². The Labute approximate surface area is 175 Å². The standard InChI is InChI=1S/C19H31N3O2S.HI/c1-14-7-5-6-8-17(14)13-22-19(20-3)21-12-16-9-10-18(15(2)11-16)25(4,23)24;/h9-11,14,17H,5-8,12-13H2,1-4H3,(H2,20,21,22);1H. The summed E-state index contributed by atoms with van der Waals surface area (Å²) < 4.78 is 23.4. The second kappa shape index (κ2) is 10.5. The van der Waals surface area contributed by atoms with Crippen molar-refractivity contribution in [2.24, 2.45) is 16.8 Å². The predicted octanol–water partition coefficient (Wildman–Crippen LogP) is 3.51. The van der Waals surface area contributed by atoms with E-state index in [1.165, 1.54) is 31.9 Å². The van der Waals surface area contributed by atoms with E-state index in [2.05, 4.69) is 22.5 Å². The van der Waals surface area contributed by atoms with Gasteiger partial charge in [-0.05, 0) is 42.4 Å². The molecule has 1 aromatic rings. The van der Waals surface area contributed by atoms with Gasteiger partial charge in [-0.1, -0.05) is 38.3 Å². The molecule has 148 valence electrons. The highest BCUT2D eigenvalue weighted by molar-refractivity contribution is 14.0. The van der Waals surface area contributed by atoms with Gasteiger partial charge in [0.25, 0.3) is 0 Å². The van der Waals surface area contributed by atoms with Crippen LogP contribution in [-0.4, -0.2) is 34.2 Å². The predicted molar refractivity (Wildman–Crippen MR) is 119 cm³/mol. The van der Waals surface area contributed by atoms with E-state index in [1.54, 1.807) is 13.1 Å². The van der Waals surface area contributed by atoms with E-state index in [9.17, 15) is 8.42 Å². The van der Waals surface area contributed by atoms with Gasteiger partial charge in [-0.25, -0.2) is 8.42 Å². The number of nitrogens with one attached hydrogen (secondary N) is 2. The van der Waals surface area contributed by atoms with Gasteiger partial charge in [-0.15, -0.1) is 24.0 Å². The highest BCUT2D eigenvalue weighted by Gasteiger charge is 2.21. The number of nitrogens with zero attached hydrogens (tertiary/aromatic N) is 1. The molecule has 1 aliphatic rings. The van der Waals surface area contributed by atoms with Gasteiger partial charge in [-0.2, -0.15) is 0 Å². The quantitative estimate of drug-likeness (QED) is 0.374. The van der Waals surface area contributed by atoms with Crippen LogP contribution in [0.25, 0.3) is 0 Å². The lowest BCUT2D eigenvalue weighted by Crippen LogP contribution is -2.41. The molecule has 2 N–H and O–H groups in total. The molecule has 2 unspecified atom stereocenters. The van der Waals surface area contributed by atoms with E-state index in [-0.39, 0.29) is 24.0 Å². The molecule has 26 heavy (non-hydrogen) atoms. The lowest BCUT2D eigenvalue weighted by molar-refractivity contribution is 0.256. The van der Waals surface area contributed by atoms with E-state index in [0.29, 0.717) is 17.4 Å². The van der Waals surface area contributed by atoms with Gasteiger partial charge >= 0.3 is 0 Å². The van der Waals surface area contributed by atoms with Crippen LogP contribution in [-0.2, 0) is 16.4 Å². The molecule has 0 spiro atoms. The van der Waals surface area contributed by atoms with Crippen LogP contribution < -0.4 is 10.6 Å². The Hall–Kier alpha value is -0.830. The molecule has 0 aliphatic heterocycles. The Morgan fingerprint density at radius 3 is 2.50 bits per heavy atom. The van der Waals surface area contributed by atoms with E-state index in [0.717, 1.165) is 29.5 Å². The first-order valence-electron chi connectivity index (χ1n) is 9.05. The molecular formula is C19H32IN3O2S. The summed E-state index contributed by atoms with van der Waals surface area (Å²) in [6, 6.07) is 5.45. The van der Waals surface area contributed by atoms with Gasteiger partial charge in [0.2, 0.25) is 0 Å².